The van der Waals surface area contributed by atoms with Crippen molar-refractivity contribution in [3.05, 3.63) is 52.6 Å². The Balaban J connectivity index is 0.000000273. The van der Waals surface area contributed by atoms with Gasteiger partial charge in [0.1, 0.15) is 5.41 Å². The summed E-state index contributed by atoms with van der Waals surface area (Å²) in [5, 5.41) is 5.54. The third kappa shape index (κ3) is 12.3. The first kappa shape index (κ1) is 32.0. The molecule has 36 heavy (non-hydrogen) atoms. The van der Waals surface area contributed by atoms with Gasteiger partial charge in [0.15, 0.2) is 11.3 Å². The highest BCUT2D eigenvalue weighted by Crippen LogP contribution is 2.25. The second kappa shape index (κ2) is 16.7. The van der Waals surface area contributed by atoms with Crippen molar-refractivity contribution in [1.29, 1.82) is 0 Å². The first-order valence-corrected chi connectivity index (χ1v) is 14.0. The lowest BCUT2D eigenvalue weighted by molar-refractivity contribution is 0.112. The summed E-state index contributed by atoms with van der Waals surface area (Å²) >= 11 is 1.34. The Kier molecular flexibility index (Phi) is 14.9. The van der Waals surface area contributed by atoms with Crippen molar-refractivity contribution in [2.24, 2.45) is 11.5 Å². The number of allylic oxidation sites excluding steroid dienone is 2. The second-order valence-corrected chi connectivity index (χ2v) is 11.2. The fourth-order valence-corrected chi connectivity index (χ4v) is 3.59. The van der Waals surface area contributed by atoms with Crippen LogP contribution in [0.4, 0.5) is 4.39 Å². The van der Waals surface area contributed by atoms with Crippen LogP contribution in [0.3, 0.4) is 0 Å². The number of rotatable bonds is 5. The van der Waals surface area contributed by atoms with Crippen LogP contribution in [-0.2, 0) is 0 Å². The number of nitrogens with two attached hydrogens (primary N) is 2. The lowest BCUT2D eigenvalue weighted by Crippen LogP contribution is -2.38. The van der Waals surface area contributed by atoms with Crippen LogP contribution in [0, 0.1) is 0 Å². The number of carbonyl (C=O) groups is 1. The van der Waals surface area contributed by atoms with E-state index in [0.29, 0.717) is 11.4 Å². The molecule has 0 radical (unpaired) electrons. The summed E-state index contributed by atoms with van der Waals surface area (Å²) < 4.78 is 13.9. The lowest BCUT2D eigenvalue weighted by Gasteiger charge is -2.11. The fraction of sp³-hybridized carbons (Fsp3) is 0.519. The Labute approximate surface area is 222 Å². The third-order valence-electron chi connectivity index (χ3n) is 5.68. The number of nitrogens with zero attached hydrogens (tertiary/aromatic N) is 3. The zero-order valence-electron chi connectivity index (χ0n) is 22.3. The van der Waals surface area contributed by atoms with E-state index in [0.717, 1.165) is 29.5 Å². The summed E-state index contributed by atoms with van der Waals surface area (Å²) in [5.41, 5.74) is 15.2. The van der Waals surface area contributed by atoms with Gasteiger partial charge in [0, 0.05) is 29.2 Å². The topological polar surface area (TPSA) is 99.3 Å². The number of alkyl halides is 1. The maximum Gasteiger partial charge on any atom is 0.178 e. The molecule has 0 fully saturated rings. The summed E-state index contributed by atoms with van der Waals surface area (Å²) in [6, 6.07) is 6.17. The van der Waals surface area contributed by atoms with E-state index in [1.165, 1.54) is 43.9 Å². The molecule has 0 aliphatic heterocycles. The predicted molar refractivity (Wildman–Crippen MR) is 155 cm³/mol. The minimum Gasteiger partial charge on any atom is -0.327 e. The van der Waals surface area contributed by atoms with Gasteiger partial charge in [0.2, 0.25) is 0 Å². The Morgan fingerprint density at radius 2 is 2.00 bits per heavy atom. The monoisotopic (exact) mass is 535 g/mol. The van der Waals surface area contributed by atoms with Crippen LogP contribution in [0.5, 0.6) is 0 Å². The smallest absolute Gasteiger partial charge is 0.178 e. The molecule has 4 atom stereocenters. The van der Waals surface area contributed by atoms with Crippen LogP contribution < -0.4 is 11.5 Å². The van der Waals surface area contributed by atoms with Crippen LogP contribution >= 0.6 is 20.6 Å². The molecule has 9 heteroatoms. The molecule has 4 N–H and O–H groups in total. The number of aldehydes is 1. The van der Waals surface area contributed by atoms with Crippen molar-refractivity contribution in [3.63, 3.8) is 0 Å². The molecule has 3 unspecified atom stereocenters. The highest BCUT2D eigenvalue weighted by atomic mass is 32.1. The number of hydrogen-bond donors (Lipinski definition) is 2. The van der Waals surface area contributed by atoms with E-state index >= 15 is 0 Å². The molecule has 1 aliphatic rings. The number of hydrogen-bond acceptors (Lipinski definition) is 6. The number of aromatic nitrogens is 3. The molecular formula is C27H43FN5OPS. The van der Waals surface area contributed by atoms with Crippen molar-refractivity contribution in [2.45, 2.75) is 90.6 Å². The van der Waals surface area contributed by atoms with Crippen LogP contribution in [0.25, 0.3) is 16.8 Å². The first-order valence-electron chi connectivity index (χ1n) is 12.5. The average Bonchev–Trinajstić information content (AvgIpc) is 3.51. The average molecular weight is 536 g/mol. The Morgan fingerprint density at radius 1 is 1.31 bits per heavy atom. The Hall–Kier alpha value is -1.99. The summed E-state index contributed by atoms with van der Waals surface area (Å²) in [6.07, 6.45) is 13.8. The van der Waals surface area contributed by atoms with E-state index < -0.39 is 5.41 Å². The molecule has 0 amide bonds. The molecule has 0 aromatic carbocycles. The third-order valence-corrected chi connectivity index (χ3v) is 6.86. The molecule has 0 saturated carbocycles. The van der Waals surface area contributed by atoms with Crippen LogP contribution in [0.1, 0.15) is 82.9 Å². The predicted octanol–water partition coefficient (Wildman–Crippen LogP) is 6.81. The van der Waals surface area contributed by atoms with E-state index in [-0.39, 0.29) is 12.1 Å². The van der Waals surface area contributed by atoms with Gasteiger partial charge in [0.25, 0.3) is 0 Å². The summed E-state index contributed by atoms with van der Waals surface area (Å²) in [4.78, 5) is 14.8. The molecule has 3 aromatic heterocycles. The molecule has 0 saturated heterocycles. The van der Waals surface area contributed by atoms with Crippen molar-refractivity contribution in [3.8, 4) is 11.3 Å². The standard InChI is InChI=1S/C11H7N3OS.C7H12.C5H14N2.C4H10FP/c15-6-11-13-9(7-16-11)8-5-12-14-4-2-1-3-10(8)14;1-7-5-3-2-4-6-7;1-3-5(7)4(2)6;1-3-4(2,5)6/h1-7H;5H,2-4,6H2,1H3;4-5H,3,6-7H2,1-2H3;3,6H2,1-2H3/t;;4-,5?;/m..0./s1. The zero-order valence-corrected chi connectivity index (χ0v) is 24.3. The van der Waals surface area contributed by atoms with Gasteiger partial charge in [-0.1, -0.05) is 40.8 Å². The molecule has 4 rings (SSSR count). The zero-order chi connectivity index (χ0) is 27.1. The normalized spacial score (nSPS) is 16.0. The van der Waals surface area contributed by atoms with Gasteiger partial charge in [-0.25, -0.2) is 13.9 Å². The highest BCUT2D eigenvalue weighted by molar-refractivity contribution is 7.18. The quantitative estimate of drug-likeness (QED) is 0.212. The van der Waals surface area contributed by atoms with Crippen molar-refractivity contribution in [1.82, 2.24) is 14.6 Å². The largest absolute Gasteiger partial charge is 0.327 e. The molecule has 1 aliphatic carbocycles. The van der Waals surface area contributed by atoms with Crippen molar-refractivity contribution < 1.29 is 9.18 Å². The van der Waals surface area contributed by atoms with Crippen LogP contribution in [0.2, 0.25) is 0 Å². The molecule has 0 bridgehead atoms. The van der Waals surface area contributed by atoms with Gasteiger partial charge in [-0.15, -0.1) is 11.3 Å². The maximum absolute atomic E-state index is 12.1. The van der Waals surface area contributed by atoms with E-state index in [1.54, 1.807) is 16.3 Å². The Bertz CT molecular complexity index is 1060. The number of fused-ring (bicyclic) bond motifs is 1. The molecule has 200 valence electrons. The van der Waals surface area contributed by atoms with E-state index in [2.05, 4.69) is 32.3 Å². The van der Waals surface area contributed by atoms with E-state index in [9.17, 15) is 9.18 Å². The van der Waals surface area contributed by atoms with Crippen LogP contribution in [-0.4, -0.2) is 38.4 Å². The summed E-state index contributed by atoms with van der Waals surface area (Å²) in [7, 11) is 2.12. The first-order chi connectivity index (χ1) is 17.0. The molecule has 3 aromatic rings. The molecule has 6 nitrogen and oxygen atoms in total. The highest BCUT2D eigenvalue weighted by Gasteiger charge is 2.10. The summed E-state index contributed by atoms with van der Waals surface area (Å²) in [5.74, 6) is 0. The minimum absolute atomic E-state index is 0.144. The van der Waals surface area contributed by atoms with E-state index in [1.807, 2.05) is 50.5 Å². The second-order valence-electron chi connectivity index (χ2n) is 9.14. The van der Waals surface area contributed by atoms with Crippen molar-refractivity contribution in [2.75, 3.05) is 0 Å². The molecule has 3 heterocycles. The number of halogens is 1. The maximum atomic E-state index is 12.1. The van der Waals surface area contributed by atoms with Gasteiger partial charge in [-0.05, 0) is 71.4 Å². The Morgan fingerprint density at radius 3 is 2.42 bits per heavy atom. The van der Waals surface area contributed by atoms with E-state index in [4.69, 9.17) is 11.5 Å². The fourth-order valence-electron chi connectivity index (χ4n) is 2.97. The molecule has 0 spiro atoms. The van der Waals surface area contributed by atoms with Gasteiger partial charge >= 0.3 is 0 Å². The molecular weight excluding hydrogens is 492 g/mol. The van der Waals surface area contributed by atoms with Gasteiger partial charge < -0.3 is 11.5 Å². The lowest BCUT2D eigenvalue weighted by atomic mass is 10.0. The summed E-state index contributed by atoms with van der Waals surface area (Å²) in [6.45, 7) is 9.53. The van der Waals surface area contributed by atoms with Gasteiger partial charge in [-0.3, -0.25) is 4.79 Å². The number of carbonyl (C=O) groups excluding carboxylic acids is 1. The SMILES string of the molecule is CC1=CCCCC1.CCC(C)(F)P.CCC(N)[C@H](C)N.O=Cc1nc(-c2cnn3ccccc23)cs1. The minimum atomic E-state index is -1.04. The van der Waals surface area contributed by atoms with Crippen molar-refractivity contribution >= 4 is 32.4 Å². The number of thiazole rings is 1. The van der Waals surface area contributed by atoms with Crippen LogP contribution in [0.15, 0.2) is 47.6 Å². The van der Waals surface area contributed by atoms with Gasteiger partial charge in [0.05, 0.1) is 17.4 Å². The number of pyridine rings is 1. The van der Waals surface area contributed by atoms with Gasteiger partial charge in [-0.2, -0.15) is 5.10 Å².